The zero-order chi connectivity index (χ0) is 20.0. The normalized spacial score (nSPS) is 12.5. The number of aryl methyl sites for hydroxylation is 1. The van der Waals surface area contributed by atoms with Gasteiger partial charge in [-0.15, -0.1) is 0 Å². The van der Waals surface area contributed by atoms with E-state index in [0.29, 0.717) is 29.9 Å². The van der Waals surface area contributed by atoms with Crippen molar-refractivity contribution in [2.24, 2.45) is 0 Å². The van der Waals surface area contributed by atoms with E-state index in [1.54, 1.807) is 6.92 Å². The van der Waals surface area contributed by atoms with E-state index in [9.17, 15) is 22.4 Å². The molecule has 0 radical (unpaired) electrons. The van der Waals surface area contributed by atoms with Crippen LogP contribution in [0.4, 0.5) is 17.6 Å². The topological polar surface area (TPSA) is 51.2 Å². The van der Waals surface area contributed by atoms with E-state index in [-0.39, 0.29) is 17.8 Å². The molecule has 8 heteroatoms. The maximum Gasteiger partial charge on any atom is 0.398 e. The summed E-state index contributed by atoms with van der Waals surface area (Å²) in [5.74, 6) is -2.08. The molecule has 4 nitrogen and oxygen atoms in total. The molecule has 1 unspecified atom stereocenters. The number of benzene rings is 1. The molecule has 1 N–H and O–H groups in total. The highest BCUT2D eigenvalue weighted by Crippen LogP contribution is 2.38. The van der Waals surface area contributed by atoms with Crippen LogP contribution in [0.5, 0.6) is 5.75 Å². The van der Waals surface area contributed by atoms with Crippen LogP contribution in [0.2, 0.25) is 0 Å². The quantitative estimate of drug-likeness (QED) is 0.543. The van der Waals surface area contributed by atoms with Crippen LogP contribution in [0, 0.1) is 12.7 Å². The summed E-state index contributed by atoms with van der Waals surface area (Å²) in [5, 5.41) is 2.07. The van der Waals surface area contributed by atoms with Crippen LogP contribution in [0.15, 0.2) is 30.3 Å². The van der Waals surface area contributed by atoms with Gasteiger partial charge >= 0.3 is 6.18 Å². The summed E-state index contributed by atoms with van der Waals surface area (Å²) in [7, 11) is 0. The van der Waals surface area contributed by atoms with E-state index in [2.05, 4.69) is 10.3 Å². The molecule has 0 saturated carbocycles. The van der Waals surface area contributed by atoms with Crippen LogP contribution in [0.3, 0.4) is 0 Å². The van der Waals surface area contributed by atoms with E-state index in [0.717, 1.165) is 0 Å². The monoisotopic (exact) mass is 384 g/mol. The first-order valence-electron chi connectivity index (χ1n) is 8.42. The summed E-state index contributed by atoms with van der Waals surface area (Å²) in [6.45, 7) is 3.27. The number of carbonyl (C=O) groups is 1. The molecule has 0 fully saturated rings. The second-order valence-corrected chi connectivity index (χ2v) is 6.02. The summed E-state index contributed by atoms with van der Waals surface area (Å²) in [4.78, 5) is 14.7. The Hall–Kier alpha value is -2.64. The fraction of sp³-hybridized carbons (Fsp3) is 0.368. The molecule has 2 rings (SSSR count). The number of aromatic nitrogens is 1. The van der Waals surface area contributed by atoms with Crippen molar-refractivity contribution in [2.45, 2.75) is 32.4 Å². The highest BCUT2D eigenvalue weighted by Gasteiger charge is 2.42. The molecule has 0 saturated heterocycles. The summed E-state index contributed by atoms with van der Waals surface area (Å²) in [6, 6.07) is 6.59. The Bertz CT molecular complexity index is 777. The Balaban J connectivity index is 2.60. The van der Waals surface area contributed by atoms with Gasteiger partial charge < -0.3 is 10.1 Å². The molecule has 1 atom stereocenters. The number of rotatable bonds is 8. The first-order valence-corrected chi connectivity index (χ1v) is 8.42. The second kappa shape index (κ2) is 8.83. The van der Waals surface area contributed by atoms with Crippen molar-refractivity contribution >= 4 is 6.41 Å². The number of amides is 1. The van der Waals surface area contributed by atoms with Gasteiger partial charge in [0.2, 0.25) is 6.41 Å². The Kier molecular flexibility index (Phi) is 6.76. The van der Waals surface area contributed by atoms with Gasteiger partial charge in [0, 0.05) is 12.1 Å². The highest BCUT2D eigenvalue weighted by atomic mass is 19.4. The molecule has 2 aromatic rings. The van der Waals surface area contributed by atoms with Crippen molar-refractivity contribution in [3.05, 3.63) is 47.4 Å². The Morgan fingerprint density at radius 1 is 1.26 bits per heavy atom. The second-order valence-electron chi connectivity index (χ2n) is 6.02. The van der Waals surface area contributed by atoms with E-state index < -0.39 is 24.5 Å². The number of alkyl halides is 3. The Morgan fingerprint density at radius 2 is 1.93 bits per heavy atom. The van der Waals surface area contributed by atoms with Crippen molar-refractivity contribution in [3.63, 3.8) is 0 Å². The number of carbonyl (C=O) groups excluding carboxylic acids is 1. The molecule has 0 aliphatic rings. The van der Waals surface area contributed by atoms with Crippen molar-refractivity contribution in [1.82, 2.24) is 10.3 Å². The van der Waals surface area contributed by atoms with Gasteiger partial charge in [-0.25, -0.2) is 9.37 Å². The molecule has 0 bridgehead atoms. The lowest BCUT2D eigenvalue weighted by molar-refractivity contribution is -0.150. The predicted molar refractivity (Wildman–Crippen MR) is 93.0 cm³/mol. The maximum atomic E-state index is 13.5. The molecule has 1 aromatic heterocycles. The van der Waals surface area contributed by atoms with Crippen LogP contribution in [-0.2, 0) is 4.79 Å². The fourth-order valence-corrected chi connectivity index (χ4v) is 2.61. The molecule has 1 heterocycles. The fourth-order valence-electron chi connectivity index (χ4n) is 2.61. The van der Waals surface area contributed by atoms with Crippen LogP contribution in [0.1, 0.15) is 30.5 Å². The first-order chi connectivity index (χ1) is 12.8. The molecule has 0 aliphatic heterocycles. The highest BCUT2D eigenvalue weighted by molar-refractivity contribution is 5.68. The van der Waals surface area contributed by atoms with Gasteiger partial charge in [0.1, 0.15) is 23.2 Å². The molecule has 27 heavy (non-hydrogen) atoms. The number of nitrogens with zero attached hydrogens (tertiary/aromatic N) is 1. The average Bonchev–Trinajstić information content (AvgIpc) is 2.60. The van der Waals surface area contributed by atoms with Crippen LogP contribution >= 0.6 is 0 Å². The SMILES string of the molecule is CCCOc1c(C)cc(C(CNC=O)C(F)(F)F)nc1-c1ccc(F)cc1. The van der Waals surface area contributed by atoms with Crippen molar-refractivity contribution in [1.29, 1.82) is 0 Å². The van der Waals surface area contributed by atoms with Crippen LogP contribution in [0.25, 0.3) is 11.3 Å². The lowest BCUT2D eigenvalue weighted by Crippen LogP contribution is -2.32. The number of hydrogen-bond donors (Lipinski definition) is 1. The van der Waals surface area contributed by atoms with Crippen LogP contribution < -0.4 is 10.1 Å². The summed E-state index contributed by atoms with van der Waals surface area (Å²) in [6.07, 6.45) is -3.68. The van der Waals surface area contributed by atoms with E-state index in [4.69, 9.17) is 4.74 Å². The van der Waals surface area contributed by atoms with Gasteiger partial charge in [-0.05, 0) is 49.2 Å². The third-order valence-corrected chi connectivity index (χ3v) is 3.90. The minimum Gasteiger partial charge on any atom is -0.491 e. The number of halogens is 4. The van der Waals surface area contributed by atoms with E-state index >= 15 is 0 Å². The number of pyridine rings is 1. The molecule has 146 valence electrons. The summed E-state index contributed by atoms with van der Waals surface area (Å²) in [5.41, 5.74) is 0.890. The Morgan fingerprint density at radius 3 is 2.48 bits per heavy atom. The number of hydrogen-bond acceptors (Lipinski definition) is 3. The third-order valence-electron chi connectivity index (χ3n) is 3.90. The van der Waals surface area contributed by atoms with E-state index in [1.165, 1.54) is 30.3 Å². The first kappa shape index (κ1) is 20.7. The number of nitrogens with one attached hydrogen (secondary N) is 1. The third kappa shape index (κ3) is 5.18. The zero-order valence-corrected chi connectivity index (χ0v) is 14.9. The maximum absolute atomic E-state index is 13.5. The minimum atomic E-state index is -4.60. The predicted octanol–water partition coefficient (Wildman–Crippen LogP) is 4.38. The average molecular weight is 384 g/mol. The van der Waals surface area contributed by atoms with Crippen molar-refractivity contribution in [2.75, 3.05) is 13.2 Å². The molecule has 0 spiro atoms. The van der Waals surface area contributed by atoms with E-state index in [1.807, 2.05) is 6.92 Å². The number of ether oxygens (including phenoxy) is 1. The van der Waals surface area contributed by atoms with Crippen molar-refractivity contribution < 1.29 is 27.1 Å². The van der Waals surface area contributed by atoms with Gasteiger partial charge in [0.25, 0.3) is 0 Å². The molecule has 1 aromatic carbocycles. The van der Waals surface area contributed by atoms with Crippen molar-refractivity contribution in [3.8, 4) is 17.0 Å². The van der Waals surface area contributed by atoms with Gasteiger partial charge in [-0.3, -0.25) is 4.79 Å². The minimum absolute atomic E-state index is 0.207. The largest absolute Gasteiger partial charge is 0.491 e. The Labute approximate surface area is 154 Å². The molecular formula is C19H20F4N2O2. The lowest BCUT2D eigenvalue weighted by Gasteiger charge is -2.22. The lowest BCUT2D eigenvalue weighted by atomic mass is 9.99. The molecule has 0 aliphatic carbocycles. The molecule has 1 amide bonds. The standard InChI is InChI=1S/C19H20F4N2O2/c1-3-8-27-18-12(2)9-16(15(10-24-11-26)19(21,22)23)25-17(18)13-4-6-14(20)7-5-13/h4-7,9,11,15H,3,8,10H2,1-2H3,(H,24,26). The van der Waals surface area contributed by atoms with Gasteiger partial charge in [0.15, 0.2) is 0 Å². The van der Waals surface area contributed by atoms with Crippen LogP contribution in [-0.4, -0.2) is 30.7 Å². The van der Waals surface area contributed by atoms with Gasteiger partial charge in [-0.2, -0.15) is 13.2 Å². The summed E-state index contributed by atoms with van der Waals surface area (Å²) < 4.78 is 59.4. The smallest absolute Gasteiger partial charge is 0.398 e. The molecular weight excluding hydrogens is 364 g/mol. The van der Waals surface area contributed by atoms with Gasteiger partial charge in [0.05, 0.1) is 12.3 Å². The van der Waals surface area contributed by atoms with Gasteiger partial charge in [-0.1, -0.05) is 6.92 Å². The zero-order valence-electron chi connectivity index (χ0n) is 14.9. The summed E-state index contributed by atoms with van der Waals surface area (Å²) >= 11 is 0.